The molecule has 1 heterocycles. The van der Waals surface area contributed by atoms with E-state index in [0.29, 0.717) is 12.5 Å². The Morgan fingerprint density at radius 3 is 1.76 bits per heavy atom. The van der Waals surface area contributed by atoms with Gasteiger partial charge in [-0.25, -0.2) is 4.99 Å². The molecule has 0 saturated carbocycles. The average molecular weight is 504 g/mol. The summed E-state index contributed by atoms with van der Waals surface area (Å²) in [5.41, 5.74) is 6.82. The monoisotopic (exact) mass is 503 g/mol. The van der Waals surface area contributed by atoms with E-state index in [9.17, 15) is 0 Å². The van der Waals surface area contributed by atoms with Gasteiger partial charge in [0, 0.05) is 10.9 Å². The molecule has 0 unspecified atom stereocenters. The largest absolute Gasteiger partial charge is 0.475 e. The molecule has 4 aliphatic carbocycles. The van der Waals surface area contributed by atoms with Crippen LogP contribution in [0, 0.1) is 5.92 Å². The summed E-state index contributed by atoms with van der Waals surface area (Å²) in [5, 5.41) is 4.18. The highest BCUT2D eigenvalue weighted by Gasteiger charge is 2.31. The van der Waals surface area contributed by atoms with E-state index in [1.54, 1.807) is 0 Å². The van der Waals surface area contributed by atoms with Crippen molar-refractivity contribution in [2.45, 2.75) is 45.6 Å². The van der Waals surface area contributed by atoms with Gasteiger partial charge in [-0.3, -0.25) is 0 Å². The quantitative estimate of drug-likeness (QED) is 0.300. The van der Waals surface area contributed by atoms with Gasteiger partial charge in [-0.05, 0) is 72.4 Å². The van der Waals surface area contributed by atoms with Gasteiger partial charge in [0.2, 0.25) is 5.90 Å². The first kappa shape index (κ1) is 24.1. The third kappa shape index (κ3) is 5.00. The van der Waals surface area contributed by atoms with Crippen LogP contribution < -0.4 is 15.9 Å². The molecule has 4 aromatic carbocycles. The highest BCUT2D eigenvalue weighted by molar-refractivity contribution is 7.80. The van der Waals surface area contributed by atoms with E-state index in [1.807, 2.05) is 0 Å². The topological polar surface area (TPSA) is 21.6 Å². The van der Waals surface area contributed by atoms with Crippen molar-refractivity contribution in [1.29, 1.82) is 0 Å². The van der Waals surface area contributed by atoms with E-state index in [-0.39, 0.29) is 6.04 Å². The van der Waals surface area contributed by atoms with E-state index in [4.69, 9.17) is 9.73 Å². The van der Waals surface area contributed by atoms with E-state index in [0.717, 1.165) is 31.6 Å². The lowest BCUT2D eigenvalue weighted by Gasteiger charge is -2.27. The maximum Gasteiger partial charge on any atom is 0.217 e. The number of benzene rings is 4. The third-order valence-electron chi connectivity index (χ3n) is 7.65. The Morgan fingerprint density at radius 2 is 1.22 bits per heavy atom. The van der Waals surface area contributed by atoms with Crippen molar-refractivity contribution >= 4 is 29.7 Å². The molecule has 2 nitrogen and oxygen atoms in total. The Morgan fingerprint density at radius 1 is 0.676 bits per heavy atom. The zero-order valence-electron chi connectivity index (χ0n) is 21.7. The van der Waals surface area contributed by atoms with Gasteiger partial charge in [0.15, 0.2) is 0 Å². The summed E-state index contributed by atoms with van der Waals surface area (Å²) < 4.78 is 6.45. The molecule has 0 aromatic heterocycles. The van der Waals surface area contributed by atoms with Crippen molar-refractivity contribution in [3.8, 4) is 0 Å². The van der Waals surface area contributed by atoms with Crippen LogP contribution in [0.5, 0.6) is 0 Å². The van der Waals surface area contributed by atoms with Crippen LogP contribution in [0.1, 0.15) is 41.7 Å². The number of aryl methyl sites for hydroxylation is 4. The second-order valence-electron chi connectivity index (χ2n) is 10.5. The van der Waals surface area contributed by atoms with Gasteiger partial charge >= 0.3 is 0 Å². The van der Waals surface area contributed by atoms with Crippen LogP contribution in [0.4, 0.5) is 0 Å². The summed E-state index contributed by atoms with van der Waals surface area (Å²) in [7, 11) is -0.783. The Hall–Kier alpha value is -3.22. The molecular formula is C34H34NOP. The number of rotatable bonds is 5. The van der Waals surface area contributed by atoms with Crippen LogP contribution in [-0.2, 0) is 30.4 Å². The summed E-state index contributed by atoms with van der Waals surface area (Å²) >= 11 is 0. The Balaban J connectivity index is 1.61. The van der Waals surface area contributed by atoms with Crippen LogP contribution in [0.3, 0.4) is 0 Å². The van der Waals surface area contributed by atoms with Crippen LogP contribution >= 0.6 is 7.92 Å². The first-order valence-electron chi connectivity index (χ1n) is 13.5. The van der Waals surface area contributed by atoms with Gasteiger partial charge in [-0.2, -0.15) is 0 Å². The molecule has 186 valence electrons. The molecule has 0 spiro atoms. The van der Waals surface area contributed by atoms with Crippen LogP contribution in [0.15, 0.2) is 102 Å². The molecule has 0 saturated heterocycles. The molecule has 0 N–H and O–H groups in total. The highest BCUT2D eigenvalue weighted by Crippen LogP contribution is 2.38. The van der Waals surface area contributed by atoms with Crippen molar-refractivity contribution in [3.63, 3.8) is 0 Å². The fraction of sp³-hybridized carbons (Fsp3) is 0.265. The lowest BCUT2D eigenvalue weighted by atomic mass is 9.93. The zero-order chi connectivity index (χ0) is 25.2. The third-order valence-corrected chi connectivity index (χ3v) is 10.2. The number of nitrogens with zero attached hydrogens (tertiary/aromatic N) is 1. The van der Waals surface area contributed by atoms with Crippen molar-refractivity contribution in [2.24, 2.45) is 10.9 Å². The molecule has 0 fully saturated rings. The number of hydrogen-bond acceptors (Lipinski definition) is 2. The average Bonchev–Trinajstić information content (AvgIpc) is 3.42. The molecule has 9 rings (SSSR count). The fourth-order valence-corrected chi connectivity index (χ4v) is 8.13. The molecule has 1 atom stereocenters. The Labute approximate surface area is 222 Å². The second kappa shape index (κ2) is 10.6. The van der Waals surface area contributed by atoms with Gasteiger partial charge in [0.25, 0.3) is 0 Å². The minimum Gasteiger partial charge on any atom is -0.475 e. The number of aliphatic imine (C=N–C) groups is 1. The lowest BCUT2D eigenvalue weighted by Crippen LogP contribution is -2.30. The maximum atomic E-state index is 6.45. The van der Waals surface area contributed by atoms with Crippen LogP contribution in [0.25, 0.3) is 0 Å². The molecule has 37 heavy (non-hydrogen) atoms. The Bertz CT molecular complexity index is 1350. The molecule has 4 bridgehead atoms. The molecule has 3 heteroatoms. The summed E-state index contributed by atoms with van der Waals surface area (Å²) in [6.45, 7) is 5.16. The second-order valence-corrected chi connectivity index (χ2v) is 12.6. The van der Waals surface area contributed by atoms with E-state index in [1.165, 1.54) is 43.7 Å². The van der Waals surface area contributed by atoms with Crippen LogP contribution in [0.2, 0.25) is 0 Å². The molecular weight excluding hydrogens is 469 g/mol. The number of hydrogen-bond donors (Lipinski definition) is 0. The van der Waals surface area contributed by atoms with E-state index in [2.05, 4.69) is 111 Å². The summed E-state index contributed by atoms with van der Waals surface area (Å²) in [4.78, 5) is 5.21. The molecule has 1 aliphatic heterocycles. The molecule has 4 aromatic rings. The van der Waals surface area contributed by atoms with Crippen molar-refractivity contribution in [3.05, 3.63) is 125 Å². The summed E-state index contributed by atoms with van der Waals surface area (Å²) in [6.07, 6.45) is 4.02. The summed E-state index contributed by atoms with van der Waals surface area (Å²) in [6, 6.07) is 36.4. The van der Waals surface area contributed by atoms with Crippen molar-refractivity contribution < 1.29 is 4.74 Å². The smallest absolute Gasteiger partial charge is 0.217 e. The van der Waals surface area contributed by atoms with Gasteiger partial charge in [0.05, 0.1) is 6.04 Å². The normalized spacial score (nSPS) is 17.0. The van der Waals surface area contributed by atoms with Gasteiger partial charge in [0.1, 0.15) is 6.61 Å². The lowest BCUT2D eigenvalue weighted by molar-refractivity contribution is 0.292. The molecule has 0 amide bonds. The zero-order valence-corrected chi connectivity index (χ0v) is 22.6. The SMILES string of the molecule is CC(C)[C@H]1COC(c2c3ccc(c2P(c2ccccc2)c2ccccc2)CCc2ccc(cc2)CC3)=N1. The van der Waals surface area contributed by atoms with Crippen molar-refractivity contribution in [1.82, 2.24) is 0 Å². The first-order valence-corrected chi connectivity index (χ1v) is 14.9. The standard InChI is InChI=1S/C34H34NOP/c1-24(2)31-23-36-34(35-31)32-27-19-17-25-13-15-26(16-14-25)18-20-28(22-21-27)33(32)37(29-9-5-3-6-10-29)30-11-7-4-8-12-30/h3-16,21-22,24,31H,17-20,23H2,1-2H3/t31-/m1/s1. The van der Waals surface area contributed by atoms with Crippen LogP contribution in [-0.4, -0.2) is 18.5 Å². The minimum atomic E-state index is -0.783. The Kier molecular flexibility index (Phi) is 6.94. The predicted octanol–water partition coefficient (Wildman–Crippen LogP) is 6.13. The van der Waals surface area contributed by atoms with Gasteiger partial charge < -0.3 is 4.74 Å². The van der Waals surface area contributed by atoms with E-state index < -0.39 is 7.92 Å². The van der Waals surface area contributed by atoms with Gasteiger partial charge in [-0.15, -0.1) is 0 Å². The van der Waals surface area contributed by atoms with Gasteiger partial charge in [-0.1, -0.05) is 111 Å². The minimum absolute atomic E-state index is 0.213. The predicted molar refractivity (Wildman–Crippen MR) is 158 cm³/mol. The highest BCUT2D eigenvalue weighted by atomic mass is 31.1. The fourth-order valence-electron chi connectivity index (χ4n) is 5.44. The molecule has 0 radical (unpaired) electrons. The maximum absolute atomic E-state index is 6.45. The number of ether oxygens (including phenoxy) is 1. The van der Waals surface area contributed by atoms with Crippen molar-refractivity contribution in [2.75, 3.05) is 6.61 Å². The van der Waals surface area contributed by atoms with E-state index >= 15 is 0 Å². The summed E-state index contributed by atoms with van der Waals surface area (Å²) in [5.74, 6) is 1.32. The molecule has 5 aliphatic rings. The first-order chi connectivity index (χ1) is 18.2.